The second-order valence-electron chi connectivity index (χ2n) is 7.89. The molecule has 0 aliphatic carbocycles. The first-order valence-electron chi connectivity index (χ1n) is 10.7. The number of hydrogen-bond acceptors (Lipinski definition) is 5. The van der Waals surface area contributed by atoms with E-state index in [1.807, 2.05) is 24.3 Å². The van der Waals surface area contributed by atoms with Gasteiger partial charge in [-0.3, -0.25) is 9.89 Å². The average Bonchev–Trinajstić information content (AvgIpc) is 3.23. The molecule has 1 saturated heterocycles. The third-order valence-electron chi connectivity index (χ3n) is 5.31. The predicted molar refractivity (Wildman–Crippen MR) is 139 cm³/mol. The zero-order valence-electron chi connectivity index (χ0n) is 18.6. The Morgan fingerprint density at radius 2 is 1.97 bits per heavy atom. The van der Waals surface area contributed by atoms with Gasteiger partial charge in [0, 0.05) is 56.5 Å². The Kier molecular flexibility index (Phi) is 10.9. The minimum Gasteiger partial charge on any atom is -0.369 e. The van der Waals surface area contributed by atoms with Crippen molar-refractivity contribution in [1.29, 1.82) is 0 Å². The molecule has 0 radical (unpaired) electrons. The molecule has 0 bridgehead atoms. The maximum absolute atomic E-state index is 6.12. The average molecular weight is 561 g/mol. The molecule has 1 aromatic carbocycles. The van der Waals surface area contributed by atoms with Crippen LogP contribution in [0.5, 0.6) is 0 Å². The van der Waals surface area contributed by atoms with Crippen molar-refractivity contribution in [3.63, 3.8) is 0 Å². The molecule has 9 heteroatoms. The van der Waals surface area contributed by atoms with Crippen LogP contribution in [0.25, 0.3) is 0 Å². The van der Waals surface area contributed by atoms with Crippen molar-refractivity contribution in [2.75, 3.05) is 51.2 Å². The van der Waals surface area contributed by atoms with Crippen molar-refractivity contribution in [2.24, 2.45) is 4.99 Å². The van der Waals surface area contributed by atoms with E-state index in [0.717, 1.165) is 68.1 Å². The molecule has 0 unspecified atom stereocenters. The van der Waals surface area contributed by atoms with E-state index < -0.39 is 0 Å². The Hall–Kier alpha value is -1.52. The van der Waals surface area contributed by atoms with Crippen molar-refractivity contribution in [1.82, 2.24) is 20.7 Å². The highest BCUT2D eigenvalue weighted by Crippen LogP contribution is 2.20. The van der Waals surface area contributed by atoms with E-state index in [2.05, 4.69) is 50.5 Å². The van der Waals surface area contributed by atoms with Crippen LogP contribution in [0, 0.1) is 0 Å². The first-order chi connectivity index (χ1) is 14.5. The fourth-order valence-electron chi connectivity index (χ4n) is 3.49. The lowest BCUT2D eigenvalue weighted by Crippen LogP contribution is -2.47. The quantitative estimate of drug-likeness (QED) is 0.221. The molecular weight excluding hydrogens is 527 g/mol. The molecule has 0 spiro atoms. The van der Waals surface area contributed by atoms with Crippen LogP contribution in [0.4, 0.5) is 5.69 Å². The van der Waals surface area contributed by atoms with E-state index in [-0.39, 0.29) is 24.0 Å². The molecule has 1 aliphatic heterocycles. The molecule has 3 rings (SSSR count). The van der Waals surface area contributed by atoms with Gasteiger partial charge in [0.05, 0.1) is 12.2 Å². The standard InChI is InChI=1S/C22H33ClN6O.HI/c1-17(2)21-15-20(30-27-21)16-26-22(24-3)25-8-5-9-28-10-12-29(13-11-28)19-7-4-6-18(23)14-19;/h4,6-7,14-15,17H,5,8-13,16H2,1-3H3,(H2,24,25,26);1H. The fourth-order valence-corrected chi connectivity index (χ4v) is 3.67. The number of anilines is 1. The first-order valence-corrected chi connectivity index (χ1v) is 11.1. The zero-order chi connectivity index (χ0) is 21.3. The third-order valence-corrected chi connectivity index (χ3v) is 5.55. The second kappa shape index (κ2) is 13.1. The van der Waals surface area contributed by atoms with Crippen molar-refractivity contribution in [3.8, 4) is 0 Å². The fraction of sp³-hybridized carbons (Fsp3) is 0.545. The molecule has 2 N–H and O–H groups in total. The number of nitrogens with zero attached hydrogens (tertiary/aromatic N) is 4. The van der Waals surface area contributed by atoms with Gasteiger partial charge < -0.3 is 20.1 Å². The predicted octanol–water partition coefficient (Wildman–Crippen LogP) is 3.95. The first kappa shape index (κ1) is 25.7. The molecule has 1 fully saturated rings. The van der Waals surface area contributed by atoms with E-state index in [1.165, 1.54) is 5.69 Å². The Morgan fingerprint density at radius 1 is 1.19 bits per heavy atom. The van der Waals surface area contributed by atoms with Crippen LogP contribution < -0.4 is 15.5 Å². The Morgan fingerprint density at radius 3 is 2.61 bits per heavy atom. The largest absolute Gasteiger partial charge is 0.369 e. The van der Waals surface area contributed by atoms with Gasteiger partial charge in [0.2, 0.25) is 0 Å². The summed E-state index contributed by atoms with van der Waals surface area (Å²) >= 11 is 6.12. The van der Waals surface area contributed by atoms with E-state index in [9.17, 15) is 0 Å². The number of piperazine rings is 1. The van der Waals surface area contributed by atoms with Gasteiger partial charge in [-0.2, -0.15) is 0 Å². The Labute approximate surface area is 207 Å². The van der Waals surface area contributed by atoms with E-state index >= 15 is 0 Å². The highest BCUT2D eigenvalue weighted by atomic mass is 127. The van der Waals surface area contributed by atoms with Crippen LogP contribution in [0.3, 0.4) is 0 Å². The number of hydrogen-bond donors (Lipinski definition) is 2. The maximum Gasteiger partial charge on any atom is 0.191 e. The minimum atomic E-state index is 0. The molecule has 1 aliphatic rings. The van der Waals surface area contributed by atoms with Crippen molar-refractivity contribution < 1.29 is 4.52 Å². The molecule has 0 amide bonds. The van der Waals surface area contributed by atoms with Gasteiger partial charge >= 0.3 is 0 Å². The summed E-state index contributed by atoms with van der Waals surface area (Å²) in [6.07, 6.45) is 1.07. The highest BCUT2D eigenvalue weighted by molar-refractivity contribution is 14.0. The minimum absolute atomic E-state index is 0. The number of benzene rings is 1. The normalized spacial score (nSPS) is 15.1. The molecule has 2 aromatic rings. The van der Waals surface area contributed by atoms with Gasteiger partial charge in [0.25, 0.3) is 0 Å². The summed E-state index contributed by atoms with van der Waals surface area (Å²) in [5.41, 5.74) is 2.19. The molecule has 7 nitrogen and oxygen atoms in total. The smallest absolute Gasteiger partial charge is 0.191 e. The highest BCUT2D eigenvalue weighted by Gasteiger charge is 2.17. The van der Waals surface area contributed by atoms with Gasteiger partial charge in [-0.1, -0.05) is 36.7 Å². The Balaban J connectivity index is 0.00000341. The topological polar surface area (TPSA) is 68.9 Å². The van der Waals surface area contributed by atoms with E-state index in [1.54, 1.807) is 7.05 Å². The number of aromatic nitrogens is 1. The Bertz CT molecular complexity index is 820. The summed E-state index contributed by atoms with van der Waals surface area (Å²) in [5, 5.41) is 11.5. The SMILES string of the molecule is CN=C(NCCCN1CCN(c2cccc(Cl)c2)CC1)NCc1cc(C(C)C)no1.I. The summed E-state index contributed by atoms with van der Waals surface area (Å²) in [5.74, 6) is 1.97. The van der Waals surface area contributed by atoms with Gasteiger partial charge in [-0.15, -0.1) is 24.0 Å². The van der Waals surface area contributed by atoms with Crippen molar-refractivity contribution in [2.45, 2.75) is 32.7 Å². The molecule has 172 valence electrons. The summed E-state index contributed by atoms with van der Waals surface area (Å²) in [4.78, 5) is 9.20. The molecule has 31 heavy (non-hydrogen) atoms. The van der Waals surface area contributed by atoms with Crippen molar-refractivity contribution in [3.05, 3.63) is 46.8 Å². The van der Waals surface area contributed by atoms with Gasteiger partial charge in [0.15, 0.2) is 11.7 Å². The zero-order valence-corrected chi connectivity index (χ0v) is 21.7. The molecule has 0 saturated carbocycles. The monoisotopic (exact) mass is 560 g/mol. The number of halogens is 2. The lowest BCUT2D eigenvalue weighted by Gasteiger charge is -2.36. The number of aliphatic imine (C=N–C) groups is 1. The van der Waals surface area contributed by atoms with Crippen LogP contribution in [-0.4, -0.2) is 62.3 Å². The van der Waals surface area contributed by atoms with Crippen LogP contribution in [0.1, 0.15) is 37.6 Å². The van der Waals surface area contributed by atoms with E-state index in [4.69, 9.17) is 16.1 Å². The van der Waals surface area contributed by atoms with Crippen LogP contribution in [0.2, 0.25) is 5.02 Å². The summed E-state index contributed by atoms with van der Waals surface area (Å²) in [7, 11) is 1.78. The number of guanidine groups is 1. The van der Waals surface area contributed by atoms with Gasteiger partial charge in [-0.25, -0.2) is 0 Å². The number of rotatable bonds is 8. The molecule has 1 aromatic heterocycles. The molecule has 2 heterocycles. The van der Waals surface area contributed by atoms with Crippen LogP contribution in [-0.2, 0) is 6.54 Å². The van der Waals surface area contributed by atoms with E-state index in [0.29, 0.717) is 12.5 Å². The maximum atomic E-state index is 6.12. The van der Waals surface area contributed by atoms with Gasteiger partial charge in [0.1, 0.15) is 0 Å². The lowest BCUT2D eigenvalue weighted by molar-refractivity contribution is 0.255. The lowest BCUT2D eigenvalue weighted by atomic mass is 10.1. The second-order valence-corrected chi connectivity index (χ2v) is 8.32. The summed E-state index contributed by atoms with van der Waals surface area (Å²) < 4.78 is 5.36. The van der Waals surface area contributed by atoms with Crippen molar-refractivity contribution >= 4 is 47.2 Å². The number of nitrogens with one attached hydrogen (secondary N) is 2. The third kappa shape index (κ3) is 8.16. The van der Waals surface area contributed by atoms with Crippen LogP contribution >= 0.6 is 35.6 Å². The van der Waals surface area contributed by atoms with Gasteiger partial charge in [-0.05, 0) is 37.1 Å². The summed E-state index contributed by atoms with van der Waals surface area (Å²) in [6, 6.07) is 10.1. The molecular formula is C22H34ClIN6O. The summed E-state index contributed by atoms with van der Waals surface area (Å²) in [6.45, 7) is 10.9. The molecule has 0 atom stereocenters. The van der Waals surface area contributed by atoms with Crippen LogP contribution in [0.15, 0.2) is 39.8 Å².